The highest BCUT2D eigenvalue weighted by molar-refractivity contribution is 6.28. The van der Waals surface area contributed by atoms with Gasteiger partial charge in [0.05, 0.1) is 0 Å². The van der Waals surface area contributed by atoms with Crippen molar-refractivity contribution in [1.29, 1.82) is 0 Å². The molecule has 4 heteroatoms. The van der Waals surface area contributed by atoms with Gasteiger partial charge in [-0.1, -0.05) is 91.0 Å². The Bertz CT molecular complexity index is 1460. The Balaban J connectivity index is 1.33. The largest absolute Gasteiger partial charge is 0.356 e. The van der Waals surface area contributed by atoms with Gasteiger partial charge in [0.25, 0.3) is 0 Å². The van der Waals surface area contributed by atoms with Gasteiger partial charge < -0.3 is 16.0 Å². The number of rotatable bonds is 9. The maximum Gasteiger partial charge on any atom is 0.119 e. The molecule has 200 valence electrons. The lowest BCUT2D eigenvalue weighted by atomic mass is 9.84. The maximum atomic E-state index is 7.69. The average Bonchev–Trinajstić information content (AvgIpc) is 3.03. The molecule has 3 nitrogen and oxygen atoms in total. The van der Waals surface area contributed by atoms with Crippen molar-refractivity contribution in [2.75, 3.05) is 16.0 Å². The SMILES string of the molecule is ClC(c1ccc(Nc2ccccc2)cc1)(c1ccc(Nc2ccccc2)cc1)c1ccc(Nc2ccccc2)cc1. The van der Waals surface area contributed by atoms with E-state index in [0.29, 0.717) is 0 Å². The van der Waals surface area contributed by atoms with Crippen LogP contribution in [0.25, 0.3) is 0 Å². The van der Waals surface area contributed by atoms with Crippen LogP contribution >= 0.6 is 11.6 Å². The summed E-state index contributed by atoms with van der Waals surface area (Å²) < 4.78 is 0. The molecular weight excluding hydrogens is 522 g/mol. The number of alkyl halides is 1. The number of anilines is 6. The van der Waals surface area contributed by atoms with E-state index in [9.17, 15) is 0 Å². The van der Waals surface area contributed by atoms with Gasteiger partial charge >= 0.3 is 0 Å². The highest BCUT2D eigenvalue weighted by atomic mass is 35.5. The van der Waals surface area contributed by atoms with Crippen LogP contribution in [0.5, 0.6) is 0 Å². The molecule has 0 bridgehead atoms. The summed E-state index contributed by atoms with van der Waals surface area (Å²) in [6, 6.07) is 55.6. The van der Waals surface area contributed by atoms with E-state index >= 15 is 0 Å². The van der Waals surface area contributed by atoms with E-state index in [1.165, 1.54) is 0 Å². The lowest BCUT2D eigenvalue weighted by Gasteiger charge is -2.30. The number of halogens is 1. The highest BCUT2D eigenvalue weighted by Gasteiger charge is 2.34. The zero-order chi connectivity index (χ0) is 27.9. The second-order valence-corrected chi connectivity index (χ2v) is 10.4. The number of hydrogen-bond donors (Lipinski definition) is 3. The predicted octanol–water partition coefficient (Wildman–Crippen LogP) is 10.4. The summed E-state index contributed by atoms with van der Waals surface area (Å²) in [5.41, 5.74) is 9.11. The number of nitrogens with one attached hydrogen (secondary N) is 3. The van der Waals surface area contributed by atoms with Crippen LogP contribution in [0, 0.1) is 0 Å². The van der Waals surface area contributed by atoms with Gasteiger partial charge in [0, 0.05) is 34.1 Å². The summed E-state index contributed by atoms with van der Waals surface area (Å²) >= 11 is 7.69. The van der Waals surface area contributed by atoms with Crippen molar-refractivity contribution in [3.05, 3.63) is 180 Å². The van der Waals surface area contributed by atoms with Crippen LogP contribution < -0.4 is 16.0 Å². The van der Waals surface area contributed by atoms with Crippen molar-refractivity contribution in [2.24, 2.45) is 0 Å². The van der Waals surface area contributed by atoms with E-state index in [2.05, 4.69) is 125 Å². The van der Waals surface area contributed by atoms with Crippen LogP contribution in [0.4, 0.5) is 34.1 Å². The van der Waals surface area contributed by atoms with E-state index in [-0.39, 0.29) is 0 Å². The quantitative estimate of drug-likeness (QED) is 0.123. The van der Waals surface area contributed by atoms with Crippen molar-refractivity contribution < 1.29 is 0 Å². The fraction of sp³-hybridized carbons (Fsp3) is 0.0270. The predicted molar refractivity (Wildman–Crippen MR) is 174 cm³/mol. The smallest absolute Gasteiger partial charge is 0.119 e. The van der Waals surface area contributed by atoms with Gasteiger partial charge in [-0.05, 0) is 89.5 Å². The van der Waals surface area contributed by atoms with E-state index < -0.39 is 4.87 Å². The van der Waals surface area contributed by atoms with E-state index in [1.54, 1.807) is 0 Å². The minimum Gasteiger partial charge on any atom is -0.356 e. The summed E-state index contributed by atoms with van der Waals surface area (Å²) in [4.78, 5) is -0.887. The molecule has 0 atom stereocenters. The number of benzene rings is 6. The van der Waals surface area contributed by atoms with E-state index in [0.717, 1.165) is 50.8 Å². The fourth-order valence-electron chi connectivity index (χ4n) is 4.91. The van der Waals surface area contributed by atoms with Gasteiger partial charge in [0.15, 0.2) is 0 Å². The molecular formula is C37H30ClN3. The molecule has 0 unspecified atom stereocenters. The Morgan fingerprint density at radius 2 is 0.512 bits per heavy atom. The Morgan fingerprint density at radius 1 is 0.293 bits per heavy atom. The van der Waals surface area contributed by atoms with Gasteiger partial charge in [-0.3, -0.25) is 0 Å². The van der Waals surface area contributed by atoms with Gasteiger partial charge in [0.1, 0.15) is 4.87 Å². The Hall–Kier alpha value is -4.99. The molecule has 0 aliphatic rings. The van der Waals surface area contributed by atoms with E-state index in [4.69, 9.17) is 11.6 Å². The molecule has 6 rings (SSSR count). The van der Waals surface area contributed by atoms with Gasteiger partial charge in [-0.15, -0.1) is 11.6 Å². The van der Waals surface area contributed by atoms with Crippen LogP contribution in [0.2, 0.25) is 0 Å². The lowest BCUT2D eigenvalue weighted by molar-refractivity contribution is 0.880. The van der Waals surface area contributed by atoms with Crippen LogP contribution in [0.1, 0.15) is 16.7 Å². The summed E-state index contributed by atoms with van der Waals surface area (Å²) in [6.45, 7) is 0. The van der Waals surface area contributed by atoms with Crippen molar-refractivity contribution in [2.45, 2.75) is 4.87 Å². The molecule has 6 aromatic rings. The molecule has 0 saturated carbocycles. The minimum absolute atomic E-state index is 0.887. The summed E-state index contributed by atoms with van der Waals surface area (Å²) in [5.74, 6) is 0. The molecule has 0 aliphatic heterocycles. The lowest BCUT2D eigenvalue weighted by Crippen LogP contribution is -2.22. The van der Waals surface area contributed by atoms with E-state index in [1.807, 2.05) is 54.6 Å². The minimum atomic E-state index is -0.887. The summed E-state index contributed by atoms with van der Waals surface area (Å²) in [6.07, 6.45) is 0. The molecule has 0 amide bonds. The molecule has 6 aromatic carbocycles. The van der Waals surface area contributed by atoms with Crippen LogP contribution in [0.15, 0.2) is 164 Å². The fourth-order valence-corrected chi connectivity index (χ4v) is 5.29. The number of hydrogen-bond acceptors (Lipinski definition) is 3. The van der Waals surface area contributed by atoms with Crippen molar-refractivity contribution in [3.63, 3.8) is 0 Å². The van der Waals surface area contributed by atoms with Gasteiger partial charge in [0.2, 0.25) is 0 Å². The molecule has 0 fully saturated rings. The molecule has 3 N–H and O–H groups in total. The summed E-state index contributed by atoms with van der Waals surface area (Å²) in [5, 5.41) is 10.4. The monoisotopic (exact) mass is 551 g/mol. The second kappa shape index (κ2) is 12.0. The molecule has 41 heavy (non-hydrogen) atoms. The first-order valence-electron chi connectivity index (χ1n) is 13.6. The van der Waals surface area contributed by atoms with Crippen LogP contribution in [-0.4, -0.2) is 0 Å². The summed E-state index contributed by atoms with van der Waals surface area (Å²) in [7, 11) is 0. The first-order valence-corrected chi connectivity index (χ1v) is 14.0. The first kappa shape index (κ1) is 26.2. The van der Waals surface area contributed by atoms with Crippen molar-refractivity contribution >= 4 is 45.7 Å². The van der Waals surface area contributed by atoms with Crippen LogP contribution in [0.3, 0.4) is 0 Å². The van der Waals surface area contributed by atoms with Crippen molar-refractivity contribution in [3.8, 4) is 0 Å². The topological polar surface area (TPSA) is 36.1 Å². The number of para-hydroxylation sites is 3. The molecule has 0 aromatic heterocycles. The average molecular weight is 552 g/mol. The van der Waals surface area contributed by atoms with Crippen molar-refractivity contribution in [1.82, 2.24) is 0 Å². The third-order valence-electron chi connectivity index (χ3n) is 7.04. The Kier molecular flexibility index (Phi) is 7.70. The Labute approximate surface area is 246 Å². The maximum absolute atomic E-state index is 7.69. The normalized spacial score (nSPS) is 11.0. The first-order chi connectivity index (χ1) is 20.2. The third-order valence-corrected chi connectivity index (χ3v) is 7.69. The second-order valence-electron chi connectivity index (χ2n) is 9.86. The third kappa shape index (κ3) is 6.11. The van der Waals surface area contributed by atoms with Gasteiger partial charge in [-0.25, -0.2) is 0 Å². The van der Waals surface area contributed by atoms with Gasteiger partial charge in [-0.2, -0.15) is 0 Å². The zero-order valence-corrected chi connectivity index (χ0v) is 23.2. The molecule has 0 saturated heterocycles. The Morgan fingerprint density at radius 3 is 0.756 bits per heavy atom. The molecule has 0 spiro atoms. The van der Waals surface area contributed by atoms with Crippen LogP contribution in [-0.2, 0) is 4.87 Å². The molecule has 0 aliphatic carbocycles. The molecule has 0 radical (unpaired) electrons. The molecule has 0 heterocycles. The standard InChI is InChI=1S/C37H30ClN3/c38-37(28-16-22-34(23-17-28)39-31-10-4-1-5-11-31,29-18-24-35(25-19-29)40-32-12-6-2-7-13-32)30-20-26-36(27-21-30)41-33-14-8-3-9-15-33/h1-27,39-41H. The highest BCUT2D eigenvalue weighted by Crippen LogP contribution is 2.44. The zero-order valence-electron chi connectivity index (χ0n) is 22.5.